The number of hydrogen-bond donors (Lipinski definition) is 1. The molecule has 1 heterocycles. The highest BCUT2D eigenvalue weighted by atomic mass is 16.5. The molecular weight excluding hydrogens is 358 g/mol. The van der Waals surface area contributed by atoms with Crippen molar-refractivity contribution in [3.05, 3.63) is 30.2 Å². The topological polar surface area (TPSA) is 86.5 Å². The summed E-state index contributed by atoms with van der Waals surface area (Å²) in [4.78, 5) is 16.3. The van der Waals surface area contributed by atoms with Crippen molar-refractivity contribution in [2.45, 2.75) is 57.5 Å². The summed E-state index contributed by atoms with van der Waals surface area (Å²) in [6, 6.07) is 7.43. The number of benzene rings is 1. The molecule has 0 saturated heterocycles. The van der Waals surface area contributed by atoms with E-state index in [1.54, 1.807) is 7.11 Å². The maximum Gasteiger partial charge on any atom is 0.227 e. The van der Waals surface area contributed by atoms with Crippen molar-refractivity contribution in [3.8, 4) is 17.1 Å². The predicted molar refractivity (Wildman–Crippen MR) is 105 cm³/mol. The van der Waals surface area contributed by atoms with Crippen LogP contribution in [0.2, 0.25) is 0 Å². The Morgan fingerprint density at radius 1 is 1.21 bits per heavy atom. The van der Waals surface area contributed by atoms with Gasteiger partial charge in [0.25, 0.3) is 0 Å². The van der Waals surface area contributed by atoms with Gasteiger partial charge in [0.05, 0.1) is 13.2 Å². The van der Waals surface area contributed by atoms with Gasteiger partial charge in [0.2, 0.25) is 17.6 Å². The molecule has 1 aromatic carbocycles. The highest BCUT2D eigenvalue weighted by molar-refractivity contribution is 5.75. The summed E-state index contributed by atoms with van der Waals surface area (Å²) in [5.74, 6) is 1.73. The van der Waals surface area contributed by atoms with Crippen molar-refractivity contribution in [1.82, 2.24) is 15.5 Å². The van der Waals surface area contributed by atoms with Crippen LogP contribution in [0.4, 0.5) is 0 Å². The number of carbonyl (C=O) groups is 1. The zero-order valence-electron chi connectivity index (χ0n) is 16.5. The van der Waals surface area contributed by atoms with E-state index in [4.69, 9.17) is 14.0 Å². The van der Waals surface area contributed by atoms with Gasteiger partial charge in [-0.3, -0.25) is 4.79 Å². The predicted octanol–water partition coefficient (Wildman–Crippen LogP) is 3.53. The lowest BCUT2D eigenvalue weighted by Gasteiger charge is -2.21. The second kappa shape index (κ2) is 10.8. The molecule has 28 heavy (non-hydrogen) atoms. The molecular formula is C21H29N3O4. The molecule has 1 saturated carbocycles. The van der Waals surface area contributed by atoms with E-state index < -0.39 is 0 Å². The summed E-state index contributed by atoms with van der Waals surface area (Å²) >= 11 is 0. The van der Waals surface area contributed by atoms with Gasteiger partial charge >= 0.3 is 0 Å². The van der Waals surface area contributed by atoms with Gasteiger partial charge in [-0.25, -0.2) is 0 Å². The standard InChI is InChI=1S/C21H29N3O4/c1-26-17-10-8-16(9-11-17)21-23-20(28-24-21)13-12-19(25)22-14-5-15-27-18-6-3-2-4-7-18/h8-11,18H,2-7,12-15H2,1H3,(H,22,25). The minimum absolute atomic E-state index is 0.0122. The second-order valence-corrected chi connectivity index (χ2v) is 7.07. The van der Waals surface area contributed by atoms with Crippen LogP contribution < -0.4 is 10.1 Å². The summed E-state index contributed by atoms with van der Waals surface area (Å²) in [5.41, 5.74) is 0.846. The molecule has 0 atom stereocenters. The molecule has 152 valence electrons. The smallest absolute Gasteiger partial charge is 0.227 e. The Morgan fingerprint density at radius 3 is 2.75 bits per heavy atom. The third kappa shape index (κ3) is 6.34. The van der Waals surface area contributed by atoms with E-state index in [-0.39, 0.29) is 5.91 Å². The van der Waals surface area contributed by atoms with Gasteiger partial charge < -0.3 is 19.3 Å². The molecule has 7 nitrogen and oxygen atoms in total. The Kier molecular flexibility index (Phi) is 7.84. The minimum Gasteiger partial charge on any atom is -0.497 e. The van der Waals surface area contributed by atoms with Gasteiger partial charge in [0.1, 0.15) is 5.75 Å². The van der Waals surface area contributed by atoms with Gasteiger partial charge in [-0.15, -0.1) is 0 Å². The Hall–Kier alpha value is -2.41. The molecule has 2 aromatic rings. The number of rotatable bonds is 10. The van der Waals surface area contributed by atoms with Crippen LogP contribution in [0, 0.1) is 0 Å². The van der Waals surface area contributed by atoms with Crippen LogP contribution >= 0.6 is 0 Å². The van der Waals surface area contributed by atoms with E-state index in [2.05, 4.69) is 15.5 Å². The number of nitrogens with one attached hydrogen (secondary N) is 1. The number of ether oxygens (including phenoxy) is 2. The Morgan fingerprint density at radius 2 is 2.00 bits per heavy atom. The molecule has 0 unspecified atom stereocenters. The lowest BCUT2D eigenvalue weighted by Crippen LogP contribution is -2.26. The van der Waals surface area contributed by atoms with Crippen LogP contribution in [0.25, 0.3) is 11.4 Å². The average Bonchev–Trinajstić information content (AvgIpc) is 3.22. The van der Waals surface area contributed by atoms with Crippen molar-refractivity contribution in [1.29, 1.82) is 0 Å². The van der Waals surface area contributed by atoms with E-state index in [1.807, 2.05) is 24.3 Å². The lowest BCUT2D eigenvalue weighted by atomic mass is 9.98. The Balaban J connectivity index is 1.31. The fourth-order valence-corrected chi connectivity index (χ4v) is 3.30. The van der Waals surface area contributed by atoms with E-state index in [0.717, 1.165) is 17.7 Å². The quantitative estimate of drug-likeness (QED) is 0.628. The molecule has 1 aromatic heterocycles. The number of methoxy groups -OCH3 is 1. The highest BCUT2D eigenvalue weighted by Crippen LogP contribution is 2.21. The first-order valence-electron chi connectivity index (χ1n) is 10.1. The maximum absolute atomic E-state index is 12.0. The molecule has 3 rings (SSSR count). The Labute approximate surface area is 165 Å². The fourth-order valence-electron chi connectivity index (χ4n) is 3.30. The SMILES string of the molecule is COc1ccc(-c2noc(CCC(=O)NCCCOC3CCCCC3)n2)cc1. The monoisotopic (exact) mass is 387 g/mol. The molecule has 1 aliphatic carbocycles. The van der Waals surface area contributed by atoms with Crippen LogP contribution in [-0.2, 0) is 16.0 Å². The molecule has 0 aliphatic heterocycles. The zero-order chi connectivity index (χ0) is 19.6. The molecule has 1 aliphatic rings. The summed E-state index contributed by atoms with van der Waals surface area (Å²) in [7, 11) is 1.62. The molecule has 0 spiro atoms. The lowest BCUT2D eigenvalue weighted by molar-refractivity contribution is -0.121. The molecule has 0 bridgehead atoms. The van der Waals surface area contributed by atoms with Gasteiger partial charge in [-0.05, 0) is 43.5 Å². The summed E-state index contributed by atoms with van der Waals surface area (Å²) in [5, 5.41) is 6.89. The number of aromatic nitrogens is 2. The van der Waals surface area contributed by atoms with Crippen molar-refractivity contribution < 1.29 is 18.8 Å². The third-order valence-electron chi connectivity index (χ3n) is 4.93. The van der Waals surface area contributed by atoms with Gasteiger partial charge in [-0.1, -0.05) is 24.4 Å². The number of nitrogens with zero attached hydrogens (tertiary/aromatic N) is 2. The second-order valence-electron chi connectivity index (χ2n) is 7.07. The van der Waals surface area contributed by atoms with Gasteiger partial charge in [0.15, 0.2) is 0 Å². The van der Waals surface area contributed by atoms with E-state index in [0.29, 0.717) is 43.8 Å². The maximum atomic E-state index is 12.0. The van der Waals surface area contributed by atoms with Crippen molar-refractivity contribution in [3.63, 3.8) is 0 Å². The van der Waals surface area contributed by atoms with Crippen LogP contribution in [-0.4, -0.2) is 42.4 Å². The summed E-state index contributed by atoms with van der Waals surface area (Å²) in [6.45, 7) is 1.34. The molecule has 1 fully saturated rings. The first-order chi connectivity index (χ1) is 13.7. The molecule has 1 amide bonds. The van der Waals surface area contributed by atoms with Crippen molar-refractivity contribution >= 4 is 5.91 Å². The van der Waals surface area contributed by atoms with E-state index in [1.165, 1.54) is 32.1 Å². The van der Waals surface area contributed by atoms with Crippen LogP contribution in [0.3, 0.4) is 0 Å². The largest absolute Gasteiger partial charge is 0.497 e. The fraction of sp³-hybridized carbons (Fsp3) is 0.571. The first kappa shape index (κ1) is 20.3. The van der Waals surface area contributed by atoms with Crippen LogP contribution in [0.1, 0.15) is 50.8 Å². The summed E-state index contributed by atoms with van der Waals surface area (Å²) < 4.78 is 16.2. The minimum atomic E-state index is -0.0122. The zero-order valence-corrected chi connectivity index (χ0v) is 16.5. The number of carbonyl (C=O) groups excluding carboxylic acids is 1. The van der Waals surface area contributed by atoms with Gasteiger partial charge in [0, 0.05) is 31.6 Å². The Bertz CT molecular complexity index is 724. The highest BCUT2D eigenvalue weighted by Gasteiger charge is 2.13. The van der Waals surface area contributed by atoms with Gasteiger partial charge in [-0.2, -0.15) is 4.98 Å². The van der Waals surface area contributed by atoms with Crippen molar-refractivity contribution in [2.24, 2.45) is 0 Å². The van der Waals surface area contributed by atoms with Crippen LogP contribution in [0.5, 0.6) is 5.75 Å². The molecule has 1 N–H and O–H groups in total. The normalized spacial score (nSPS) is 14.8. The number of amides is 1. The third-order valence-corrected chi connectivity index (χ3v) is 4.93. The summed E-state index contributed by atoms with van der Waals surface area (Å²) in [6.07, 6.45) is 8.24. The number of aryl methyl sites for hydroxylation is 1. The van der Waals surface area contributed by atoms with E-state index >= 15 is 0 Å². The average molecular weight is 387 g/mol. The molecule has 0 radical (unpaired) electrons. The molecule has 7 heteroatoms. The number of hydrogen-bond acceptors (Lipinski definition) is 6. The van der Waals surface area contributed by atoms with Crippen LogP contribution in [0.15, 0.2) is 28.8 Å². The van der Waals surface area contributed by atoms with E-state index in [9.17, 15) is 4.79 Å². The van der Waals surface area contributed by atoms with Crippen molar-refractivity contribution in [2.75, 3.05) is 20.3 Å². The first-order valence-corrected chi connectivity index (χ1v) is 10.1.